The van der Waals surface area contributed by atoms with Gasteiger partial charge in [-0.2, -0.15) is 5.10 Å². The highest BCUT2D eigenvalue weighted by Crippen LogP contribution is 2.32. The van der Waals surface area contributed by atoms with Crippen molar-refractivity contribution >= 4 is 17.2 Å². The second-order valence-corrected chi connectivity index (χ2v) is 6.93. The molecule has 0 saturated heterocycles. The zero-order valence-electron chi connectivity index (χ0n) is 15.4. The van der Waals surface area contributed by atoms with Crippen molar-refractivity contribution in [1.29, 1.82) is 0 Å². The van der Waals surface area contributed by atoms with E-state index < -0.39 is 11.4 Å². The Labute approximate surface area is 161 Å². The van der Waals surface area contributed by atoms with Crippen LogP contribution in [0.4, 0.5) is 15.8 Å². The molecule has 142 valence electrons. The van der Waals surface area contributed by atoms with Gasteiger partial charge in [-0.05, 0) is 49.9 Å². The minimum absolute atomic E-state index is 0.0417. The van der Waals surface area contributed by atoms with Gasteiger partial charge in [0.1, 0.15) is 17.2 Å². The third-order valence-corrected chi connectivity index (χ3v) is 4.72. The van der Waals surface area contributed by atoms with E-state index in [0.717, 1.165) is 12.8 Å². The van der Waals surface area contributed by atoms with Crippen LogP contribution in [0.25, 0.3) is 11.3 Å². The Hall–Kier alpha value is -3.35. The summed E-state index contributed by atoms with van der Waals surface area (Å²) in [5, 5.41) is 7.34. The van der Waals surface area contributed by atoms with Crippen LogP contribution < -0.4 is 10.9 Å². The minimum atomic E-state index is -0.507. The number of hydrogen-bond acceptors (Lipinski definition) is 5. The van der Waals surface area contributed by atoms with Crippen molar-refractivity contribution < 1.29 is 9.18 Å². The number of Topliss-reactive ketones (excluding diaryl/α,β-unsaturated/α-hetero) is 1. The fraction of sp³-hybridized carbons (Fsp3) is 0.238. The number of carbonyl (C=O) groups excluding carboxylic acids is 1. The van der Waals surface area contributed by atoms with Gasteiger partial charge in [-0.3, -0.25) is 14.6 Å². The van der Waals surface area contributed by atoms with E-state index in [1.807, 2.05) is 0 Å². The largest absolute Gasteiger partial charge is 0.348 e. The zero-order valence-corrected chi connectivity index (χ0v) is 15.4. The topological polar surface area (TPSA) is 76.9 Å². The minimum Gasteiger partial charge on any atom is -0.348 e. The normalized spacial score (nSPS) is 13.4. The highest BCUT2D eigenvalue weighted by atomic mass is 19.1. The number of benzene rings is 1. The van der Waals surface area contributed by atoms with Crippen LogP contribution in [0.5, 0.6) is 0 Å². The summed E-state index contributed by atoms with van der Waals surface area (Å²) in [6, 6.07) is 9.50. The number of nitrogens with zero attached hydrogens (tertiary/aromatic N) is 3. The van der Waals surface area contributed by atoms with Crippen LogP contribution in [0.2, 0.25) is 0 Å². The Bertz CT molecular complexity index is 1090. The maximum atomic E-state index is 14.2. The van der Waals surface area contributed by atoms with Gasteiger partial charge in [-0.25, -0.2) is 9.07 Å². The number of halogens is 1. The molecule has 6 nitrogen and oxygen atoms in total. The number of anilines is 2. The molecule has 1 N–H and O–H groups in total. The molecule has 0 amide bonds. The summed E-state index contributed by atoms with van der Waals surface area (Å²) < 4.78 is 15.6. The van der Waals surface area contributed by atoms with Gasteiger partial charge < -0.3 is 5.32 Å². The maximum Gasteiger partial charge on any atom is 0.291 e. The van der Waals surface area contributed by atoms with Crippen molar-refractivity contribution in [3.05, 3.63) is 70.5 Å². The summed E-state index contributed by atoms with van der Waals surface area (Å²) in [5.41, 5.74) is 0.937. The second kappa shape index (κ2) is 7.34. The second-order valence-electron chi connectivity index (χ2n) is 6.93. The van der Waals surface area contributed by atoms with E-state index in [1.165, 1.54) is 23.7 Å². The Balaban J connectivity index is 1.94. The summed E-state index contributed by atoms with van der Waals surface area (Å²) in [5.74, 6) is -0.429. The van der Waals surface area contributed by atoms with E-state index in [0.29, 0.717) is 23.7 Å². The van der Waals surface area contributed by atoms with Crippen LogP contribution in [0.1, 0.15) is 30.1 Å². The van der Waals surface area contributed by atoms with Crippen molar-refractivity contribution in [3.63, 3.8) is 0 Å². The van der Waals surface area contributed by atoms with Crippen molar-refractivity contribution in [2.24, 2.45) is 5.92 Å². The predicted octanol–water partition coefficient (Wildman–Crippen LogP) is 3.80. The number of hydrogen-bond donors (Lipinski definition) is 1. The van der Waals surface area contributed by atoms with E-state index in [9.17, 15) is 14.0 Å². The van der Waals surface area contributed by atoms with Crippen LogP contribution >= 0.6 is 0 Å². The van der Waals surface area contributed by atoms with Gasteiger partial charge in [0.2, 0.25) is 0 Å². The molecule has 3 aromatic rings. The molecule has 1 aliphatic carbocycles. The van der Waals surface area contributed by atoms with Gasteiger partial charge >= 0.3 is 0 Å². The number of para-hydroxylation sites is 1. The molecule has 2 heterocycles. The third-order valence-electron chi connectivity index (χ3n) is 4.72. The molecule has 0 bridgehead atoms. The van der Waals surface area contributed by atoms with Gasteiger partial charge in [0.15, 0.2) is 5.78 Å². The fourth-order valence-corrected chi connectivity index (χ4v) is 3.11. The van der Waals surface area contributed by atoms with Crippen LogP contribution in [0.3, 0.4) is 0 Å². The molecule has 0 aliphatic heterocycles. The van der Waals surface area contributed by atoms with Crippen LogP contribution in [0.15, 0.2) is 53.6 Å². The Kier molecular flexibility index (Phi) is 4.73. The molecule has 0 radical (unpaired) electrons. The van der Waals surface area contributed by atoms with Gasteiger partial charge in [-0.1, -0.05) is 12.1 Å². The molecule has 2 aromatic heterocycles. The molecule has 1 saturated carbocycles. The summed E-state index contributed by atoms with van der Waals surface area (Å²) in [6.45, 7) is 1.85. The summed E-state index contributed by atoms with van der Waals surface area (Å²) >= 11 is 0. The van der Waals surface area contributed by atoms with Gasteiger partial charge in [0.05, 0.1) is 11.3 Å². The van der Waals surface area contributed by atoms with Crippen molar-refractivity contribution in [2.75, 3.05) is 5.32 Å². The van der Waals surface area contributed by atoms with E-state index in [-0.39, 0.29) is 22.7 Å². The molecule has 0 unspecified atom stereocenters. The lowest BCUT2D eigenvalue weighted by Crippen LogP contribution is -2.29. The maximum absolute atomic E-state index is 14.2. The van der Waals surface area contributed by atoms with Gasteiger partial charge in [-0.15, -0.1) is 0 Å². The van der Waals surface area contributed by atoms with E-state index in [1.54, 1.807) is 36.7 Å². The van der Waals surface area contributed by atoms with Crippen molar-refractivity contribution in [2.45, 2.75) is 26.3 Å². The number of nitrogens with one attached hydrogen (secondary N) is 1. The zero-order chi connectivity index (χ0) is 19.7. The third kappa shape index (κ3) is 3.55. The lowest BCUT2D eigenvalue weighted by molar-refractivity contribution is 0.101. The molecule has 1 fully saturated rings. The van der Waals surface area contributed by atoms with Crippen LogP contribution in [-0.4, -0.2) is 20.5 Å². The van der Waals surface area contributed by atoms with Crippen LogP contribution in [0, 0.1) is 11.7 Å². The molecule has 4 rings (SSSR count). The number of rotatable bonds is 6. The number of carbonyl (C=O) groups is 1. The molecule has 0 atom stereocenters. The quantitative estimate of drug-likeness (QED) is 0.660. The Morgan fingerprint density at radius 1 is 1.21 bits per heavy atom. The molecule has 0 spiro atoms. The average Bonchev–Trinajstić information content (AvgIpc) is 3.51. The van der Waals surface area contributed by atoms with E-state index in [2.05, 4.69) is 15.4 Å². The molecule has 1 aromatic carbocycles. The monoisotopic (exact) mass is 378 g/mol. The Morgan fingerprint density at radius 2 is 1.93 bits per heavy atom. The van der Waals surface area contributed by atoms with Crippen LogP contribution in [-0.2, 0) is 6.54 Å². The molecule has 7 heteroatoms. The fourth-order valence-electron chi connectivity index (χ4n) is 3.11. The van der Waals surface area contributed by atoms with Gasteiger partial charge in [0.25, 0.3) is 5.56 Å². The smallest absolute Gasteiger partial charge is 0.291 e. The van der Waals surface area contributed by atoms with Gasteiger partial charge in [0, 0.05) is 24.5 Å². The van der Waals surface area contributed by atoms with E-state index in [4.69, 9.17) is 0 Å². The van der Waals surface area contributed by atoms with Crippen molar-refractivity contribution in [1.82, 2.24) is 14.8 Å². The standard InChI is InChI=1S/C21H19FN4O2/c1-13(27)18-19(15-8-10-23-11-9-15)25-26(12-14-6-7-14)21(28)20(18)24-17-5-3-2-4-16(17)22/h2-5,8-11,14,24H,6-7,12H2,1H3. The predicted molar refractivity (Wildman–Crippen MR) is 104 cm³/mol. The average molecular weight is 378 g/mol. The number of ketones is 1. The highest BCUT2D eigenvalue weighted by Gasteiger charge is 2.27. The summed E-state index contributed by atoms with van der Waals surface area (Å²) in [6.07, 6.45) is 5.29. The highest BCUT2D eigenvalue weighted by molar-refractivity contribution is 6.05. The SMILES string of the molecule is CC(=O)c1c(-c2ccncc2)nn(CC2CC2)c(=O)c1Nc1ccccc1F. The number of pyridine rings is 1. The Morgan fingerprint density at radius 3 is 2.57 bits per heavy atom. The molecule has 28 heavy (non-hydrogen) atoms. The lowest BCUT2D eigenvalue weighted by atomic mass is 10.0. The first-order chi connectivity index (χ1) is 13.5. The van der Waals surface area contributed by atoms with E-state index >= 15 is 0 Å². The first-order valence-electron chi connectivity index (χ1n) is 9.12. The molecular weight excluding hydrogens is 359 g/mol. The first-order valence-corrected chi connectivity index (χ1v) is 9.12. The lowest BCUT2D eigenvalue weighted by Gasteiger charge is -2.17. The molecule has 1 aliphatic rings. The summed E-state index contributed by atoms with van der Waals surface area (Å²) in [4.78, 5) is 29.6. The van der Waals surface area contributed by atoms with Crippen molar-refractivity contribution in [3.8, 4) is 11.3 Å². The molecular formula is C21H19FN4O2. The number of aromatic nitrogens is 3. The summed E-state index contributed by atoms with van der Waals surface area (Å²) in [7, 11) is 0. The first kappa shape index (κ1) is 18.0.